The van der Waals surface area contributed by atoms with Gasteiger partial charge >= 0.3 is 0 Å². The van der Waals surface area contributed by atoms with Crippen molar-refractivity contribution in [3.63, 3.8) is 0 Å². The van der Waals surface area contributed by atoms with Gasteiger partial charge in [-0.1, -0.05) is 35.8 Å². The van der Waals surface area contributed by atoms with E-state index in [1.165, 1.54) is 16.9 Å². The Morgan fingerprint density at radius 2 is 2.00 bits per heavy atom. The van der Waals surface area contributed by atoms with Crippen LogP contribution in [0.4, 0.5) is 5.13 Å². The van der Waals surface area contributed by atoms with Gasteiger partial charge in [0.2, 0.25) is 5.13 Å². The fraction of sp³-hybridized carbons (Fsp3) is 0.529. The molecule has 23 heavy (non-hydrogen) atoms. The molecule has 0 aromatic carbocycles. The quantitative estimate of drug-likeness (QED) is 0.722. The van der Waals surface area contributed by atoms with Gasteiger partial charge in [-0.25, -0.2) is 0 Å². The maximum atomic E-state index is 5.69. The van der Waals surface area contributed by atoms with Crippen LogP contribution < -0.4 is 10.5 Å². The standard InChI is InChI=1S/C17H27N3O2S/c1-7-12(3)13(11-22-16-20-19-15(18)23-16)9-10-14(8-2)17(4,5)21-6/h8-10H,7,11H2,1-6H3,(H2,18,19)/b10-9-,13-12+,14-8+. The zero-order chi connectivity index (χ0) is 17.5. The molecular weight excluding hydrogens is 310 g/mol. The third-order valence-electron chi connectivity index (χ3n) is 3.83. The molecule has 6 heteroatoms. The van der Waals surface area contributed by atoms with E-state index >= 15 is 0 Å². The van der Waals surface area contributed by atoms with E-state index in [-0.39, 0.29) is 5.60 Å². The minimum Gasteiger partial charge on any atom is -0.464 e. The van der Waals surface area contributed by atoms with Gasteiger partial charge < -0.3 is 15.2 Å². The third-order valence-corrected chi connectivity index (χ3v) is 4.50. The van der Waals surface area contributed by atoms with E-state index in [4.69, 9.17) is 15.2 Å². The third kappa shape index (κ3) is 5.80. The van der Waals surface area contributed by atoms with E-state index < -0.39 is 0 Å². The van der Waals surface area contributed by atoms with Crippen molar-refractivity contribution in [2.75, 3.05) is 19.5 Å². The van der Waals surface area contributed by atoms with Gasteiger partial charge in [0.1, 0.15) is 6.61 Å². The first-order chi connectivity index (χ1) is 10.8. The van der Waals surface area contributed by atoms with Crippen molar-refractivity contribution in [3.05, 3.63) is 34.9 Å². The molecule has 0 amide bonds. The summed E-state index contributed by atoms with van der Waals surface area (Å²) in [6.07, 6.45) is 7.18. The zero-order valence-electron chi connectivity index (χ0n) is 14.8. The Bertz CT molecular complexity index is 601. The monoisotopic (exact) mass is 337 g/mol. The second-order valence-electron chi connectivity index (χ2n) is 5.65. The van der Waals surface area contributed by atoms with Crippen LogP contribution in [0.25, 0.3) is 0 Å². The molecule has 0 fully saturated rings. The molecule has 0 atom stereocenters. The molecule has 0 aliphatic rings. The highest BCUT2D eigenvalue weighted by Crippen LogP contribution is 2.23. The largest absolute Gasteiger partial charge is 0.464 e. The van der Waals surface area contributed by atoms with Crippen molar-refractivity contribution in [2.45, 2.75) is 46.6 Å². The van der Waals surface area contributed by atoms with Crippen LogP contribution in [0.5, 0.6) is 5.19 Å². The fourth-order valence-corrected chi connectivity index (χ4v) is 2.37. The number of nitrogen functional groups attached to an aromatic ring is 1. The van der Waals surface area contributed by atoms with Crippen LogP contribution in [-0.2, 0) is 4.74 Å². The topological polar surface area (TPSA) is 70.3 Å². The molecule has 0 saturated heterocycles. The number of methoxy groups -OCH3 is 1. The Kier molecular flexibility index (Phi) is 7.45. The molecule has 128 valence electrons. The Hall–Kier alpha value is -1.66. The van der Waals surface area contributed by atoms with E-state index in [9.17, 15) is 0 Å². The van der Waals surface area contributed by atoms with E-state index in [2.05, 4.69) is 42.3 Å². The number of aromatic nitrogens is 2. The van der Waals surface area contributed by atoms with Crippen LogP contribution in [0.3, 0.4) is 0 Å². The summed E-state index contributed by atoms with van der Waals surface area (Å²) in [5, 5.41) is 8.53. The normalized spacial score (nSPS) is 14.3. The Balaban J connectivity index is 2.89. The van der Waals surface area contributed by atoms with Gasteiger partial charge in [0.15, 0.2) is 0 Å². The average molecular weight is 337 g/mol. The predicted octanol–water partition coefficient (Wildman–Crippen LogP) is 4.15. The van der Waals surface area contributed by atoms with E-state index in [0.717, 1.165) is 17.6 Å². The lowest BCUT2D eigenvalue weighted by atomic mass is 9.96. The van der Waals surface area contributed by atoms with Gasteiger partial charge in [-0.3, -0.25) is 0 Å². The van der Waals surface area contributed by atoms with E-state index in [1.807, 2.05) is 20.8 Å². The molecule has 1 rings (SSSR count). The van der Waals surface area contributed by atoms with Crippen LogP contribution in [0.15, 0.2) is 34.9 Å². The molecule has 1 aromatic rings. The molecule has 1 heterocycles. The van der Waals surface area contributed by atoms with Gasteiger partial charge in [0.25, 0.3) is 5.19 Å². The Labute approximate surface area is 142 Å². The zero-order valence-corrected chi connectivity index (χ0v) is 15.7. The minimum atomic E-state index is -0.328. The lowest BCUT2D eigenvalue weighted by molar-refractivity contribution is 0.0579. The van der Waals surface area contributed by atoms with Crippen molar-refractivity contribution in [1.82, 2.24) is 10.2 Å². The highest BCUT2D eigenvalue weighted by atomic mass is 32.1. The van der Waals surface area contributed by atoms with Crippen LogP contribution >= 0.6 is 11.3 Å². The van der Waals surface area contributed by atoms with Crippen LogP contribution in [0, 0.1) is 0 Å². The molecule has 0 spiro atoms. The summed E-state index contributed by atoms with van der Waals surface area (Å²) in [7, 11) is 1.72. The molecule has 5 nitrogen and oxygen atoms in total. The number of anilines is 1. The van der Waals surface area contributed by atoms with Crippen molar-refractivity contribution in [1.29, 1.82) is 0 Å². The molecule has 0 unspecified atom stereocenters. The number of hydrogen-bond acceptors (Lipinski definition) is 6. The number of rotatable bonds is 8. The van der Waals surface area contributed by atoms with Crippen LogP contribution in [0.2, 0.25) is 0 Å². The highest BCUT2D eigenvalue weighted by Gasteiger charge is 2.19. The van der Waals surface area contributed by atoms with E-state index in [1.54, 1.807) is 7.11 Å². The number of hydrogen-bond donors (Lipinski definition) is 1. The van der Waals surface area contributed by atoms with Gasteiger partial charge in [0.05, 0.1) is 5.60 Å². The summed E-state index contributed by atoms with van der Waals surface area (Å²) < 4.78 is 11.2. The van der Waals surface area contributed by atoms with Crippen molar-refractivity contribution < 1.29 is 9.47 Å². The smallest absolute Gasteiger partial charge is 0.296 e. The molecule has 0 aliphatic heterocycles. The molecule has 0 saturated carbocycles. The van der Waals surface area contributed by atoms with E-state index in [0.29, 0.717) is 16.9 Å². The lowest BCUT2D eigenvalue weighted by Gasteiger charge is -2.24. The van der Waals surface area contributed by atoms with Crippen molar-refractivity contribution in [2.24, 2.45) is 0 Å². The highest BCUT2D eigenvalue weighted by molar-refractivity contribution is 7.16. The molecule has 1 aromatic heterocycles. The van der Waals surface area contributed by atoms with Gasteiger partial charge in [-0.05, 0) is 56.6 Å². The molecule has 2 N–H and O–H groups in total. The second-order valence-corrected chi connectivity index (χ2v) is 6.62. The lowest BCUT2D eigenvalue weighted by Crippen LogP contribution is -2.24. The predicted molar refractivity (Wildman–Crippen MR) is 96.8 cm³/mol. The molecule has 0 radical (unpaired) electrons. The molecular formula is C17H27N3O2S. The summed E-state index contributed by atoms with van der Waals surface area (Å²) in [6.45, 7) is 10.8. The van der Waals surface area contributed by atoms with Crippen molar-refractivity contribution in [3.8, 4) is 5.19 Å². The summed E-state index contributed by atoms with van der Waals surface area (Å²) in [6, 6.07) is 0. The maximum absolute atomic E-state index is 5.69. The molecule has 0 aliphatic carbocycles. The van der Waals surface area contributed by atoms with Gasteiger partial charge in [0, 0.05) is 7.11 Å². The number of ether oxygens (including phenoxy) is 2. The van der Waals surface area contributed by atoms with Gasteiger partial charge in [-0.2, -0.15) is 0 Å². The first-order valence-electron chi connectivity index (χ1n) is 7.64. The van der Waals surface area contributed by atoms with Crippen LogP contribution in [-0.4, -0.2) is 29.5 Å². The minimum absolute atomic E-state index is 0.328. The van der Waals surface area contributed by atoms with Crippen molar-refractivity contribution >= 4 is 16.5 Å². The second kappa shape index (κ2) is 8.84. The van der Waals surface area contributed by atoms with Gasteiger partial charge in [-0.15, -0.1) is 5.10 Å². The first kappa shape index (κ1) is 19.4. The first-order valence-corrected chi connectivity index (χ1v) is 8.46. The number of nitrogens with two attached hydrogens (primary N) is 1. The number of allylic oxidation sites excluding steroid dienone is 2. The van der Waals surface area contributed by atoms with Crippen LogP contribution in [0.1, 0.15) is 41.0 Å². The summed E-state index contributed by atoms with van der Waals surface area (Å²) >= 11 is 1.24. The average Bonchev–Trinajstić information content (AvgIpc) is 2.95. The summed E-state index contributed by atoms with van der Waals surface area (Å²) in [5.74, 6) is 0. The SMILES string of the molecule is C\C=C(/C=C\C(COc1nnc(N)s1)=C(\C)CC)C(C)(C)OC. The molecule has 0 bridgehead atoms. The summed E-state index contributed by atoms with van der Waals surface area (Å²) in [4.78, 5) is 0. The maximum Gasteiger partial charge on any atom is 0.296 e. The number of nitrogens with zero attached hydrogens (tertiary/aromatic N) is 2. The summed E-state index contributed by atoms with van der Waals surface area (Å²) in [5.41, 5.74) is 8.74. The Morgan fingerprint density at radius 3 is 2.48 bits per heavy atom. The Morgan fingerprint density at radius 1 is 1.30 bits per heavy atom. The fourth-order valence-electron chi connectivity index (χ4n) is 1.91.